The molecule has 1 aromatic carbocycles. The van der Waals surface area contributed by atoms with Gasteiger partial charge in [0.25, 0.3) is 0 Å². The van der Waals surface area contributed by atoms with Gasteiger partial charge in [-0.05, 0) is 59.8 Å². The van der Waals surface area contributed by atoms with Gasteiger partial charge in [-0.1, -0.05) is 19.8 Å². The van der Waals surface area contributed by atoms with Gasteiger partial charge in [-0.25, -0.2) is 0 Å². The zero-order valence-corrected chi connectivity index (χ0v) is 14.9. The van der Waals surface area contributed by atoms with Crippen LogP contribution in [0.25, 0.3) is 0 Å². The van der Waals surface area contributed by atoms with Gasteiger partial charge >= 0.3 is 0 Å². The molecule has 1 fully saturated rings. The molecule has 3 nitrogen and oxygen atoms in total. The van der Waals surface area contributed by atoms with Crippen molar-refractivity contribution in [2.45, 2.75) is 58.0 Å². The van der Waals surface area contributed by atoms with E-state index in [0.717, 1.165) is 28.9 Å². The molecule has 0 aliphatic heterocycles. The van der Waals surface area contributed by atoms with E-state index in [1.54, 1.807) is 7.11 Å². The predicted molar refractivity (Wildman–Crippen MR) is 90.2 cm³/mol. The van der Waals surface area contributed by atoms with Gasteiger partial charge in [-0.2, -0.15) is 0 Å². The van der Waals surface area contributed by atoms with Crippen molar-refractivity contribution in [2.24, 2.45) is 0 Å². The third-order valence-electron chi connectivity index (χ3n) is 4.17. The molecule has 0 amide bonds. The Morgan fingerprint density at radius 3 is 2.62 bits per heavy atom. The Bertz CT molecular complexity index is 470. The largest absolute Gasteiger partial charge is 0.493 e. The highest BCUT2D eigenvalue weighted by Gasteiger charge is 2.27. The maximum atomic E-state index is 5.77. The lowest BCUT2D eigenvalue weighted by Crippen LogP contribution is -2.38. The van der Waals surface area contributed by atoms with Crippen LogP contribution in [0.5, 0.6) is 11.5 Å². The van der Waals surface area contributed by atoms with Gasteiger partial charge in [-0.3, -0.25) is 0 Å². The lowest BCUT2D eigenvalue weighted by Gasteiger charge is -2.25. The molecule has 21 heavy (non-hydrogen) atoms. The van der Waals surface area contributed by atoms with E-state index in [0.29, 0.717) is 6.61 Å². The molecular formula is C17H26BrNO2. The third kappa shape index (κ3) is 4.36. The van der Waals surface area contributed by atoms with Crippen molar-refractivity contribution in [3.05, 3.63) is 22.2 Å². The van der Waals surface area contributed by atoms with Crippen molar-refractivity contribution in [3.8, 4) is 11.5 Å². The van der Waals surface area contributed by atoms with Crippen LogP contribution >= 0.6 is 15.9 Å². The molecule has 4 heteroatoms. The van der Waals surface area contributed by atoms with E-state index in [4.69, 9.17) is 9.47 Å². The number of methoxy groups -OCH3 is 1. The highest BCUT2D eigenvalue weighted by Crippen LogP contribution is 2.37. The third-order valence-corrected chi connectivity index (χ3v) is 4.76. The second-order valence-electron chi connectivity index (χ2n) is 6.08. The van der Waals surface area contributed by atoms with Crippen LogP contribution in [-0.2, 0) is 6.54 Å². The maximum Gasteiger partial charge on any atom is 0.175 e. The molecule has 118 valence electrons. The molecule has 0 spiro atoms. The van der Waals surface area contributed by atoms with E-state index in [-0.39, 0.29) is 5.54 Å². The molecule has 0 saturated heterocycles. The van der Waals surface area contributed by atoms with Crippen LogP contribution in [0.4, 0.5) is 0 Å². The van der Waals surface area contributed by atoms with Crippen LogP contribution in [0, 0.1) is 0 Å². The quantitative estimate of drug-likeness (QED) is 0.770. The summed E-state index contributed by atoms with van der Waals surface area (Å²) in [5, 5.41) is 3.70. The number of benzene rings is 1. The van der Waals surface area contributed by atoms with E-state index in [9.17, 15) is 0 Å². The topological polar surface area (TPSA) is 30.5 Å². The summed E-state index contributed by atoms with van der Waals surface area (Å²) in [4.78, 5) is 0. The maximum absolute atomic E-state index is 5.77. The fraction of sp³-hybridized carbons (Fsp3) is 0.647. The summed E-state index contributed by atoms with van der Waals surface area (Å²) in [6.07, 6.45) is 6.18. The first kappa shape index (κ1) is 16.6. The minimum absolute atomic E-state index is 0.289. The van der Waals surface area contributed by atoms with Crippen molar-refractivity contribution in [2.75, 3.05) is 13.7 Å². The Balaban J connectivity index is 2.08. The number of hydrogen-bond acceptors (Lipinski definition) is 3. The molecule has 0 bridgehead atoms. The van der Waals surface area contributed by atoms with Crippen molar-refractivity contribution in [3.63, 3.8) is 0 Å². The zero-order valence-electron chi connectivity index (χ0n) is 13.3. The summed E-state index contributed by atoms with van der Waals surface area (Å²) in [6, 6.07) is 4.19. The van der Waals surface area contributed by atoms with E-state index >= 15 is 0 Å². The van der Waals surface area contributed by atoms with Gasteiger partial charge in [0.2, 0.25) is 0 Å². The number of ether oxygens (including phenoxy) is 2. The standard InChI is InChI=1S/C17H26BrNO2/c1-4-9-21-16-14(18)10-13(11-15(16)20-3)12-19-17(2)7-5-6-8-17/h10-11,19H,4-9,12H2,1-3H3. The van der Waals surface area contributed by atoms with E-state index in [1.807, 2.05) is 0 Å². The van der Waals surface area contributed by atoms with Crippen molar-refractivity contribution >= 4 is 15.9 Å². The van der Waals surface area contributed by atoms with E-state index in [1.165, 1.54) is 31.2 Å². The molecule has 0 unspecified atom stereocenters. The Labute approximate surface area is 136 Å². The molecule has 1 aromatic rings. The summed E-state index contributed by atoms with van der Waals surface area (Å²) < 4.78 is 12.2. The Morgan fingerprint density at radius 1 is 1.29 bits per heavy atom. The fourth-order valence-corrected chi connectivity index (χ4v) is 3.47. The van der Waals surface area contributed by atoms with Gasteiger partial charge in [0.15, 0.2) is 11.5 Å². The molecule has 1 aliphatic rings. The van der Waals surface area contributed by atoms with Crippen LogP contribution in [0.1, 0.15) is 51.5 Å². The monoisotopic (exact) mass is 355 g/mol. The number of rotatable bonds is 7. The summed E-state index contributed by atoms with van der Waals surface area (Å²) in [7, 11) is 1.69. The highest BCUT2D eigenvalue weighted by molar-refractivity contribution is 9.10. The first-order valence-electron chi connectivity index (χ1n) is 7.82. The minimum Gasteiger partial charge on any atom is -0.493 e. The number of halogens is 1. The van der Waals surface area contributed by atoms with Crippen molar-refractivity contribution in [1.82, 2.24) is 5.32 Å². The van der Waals surface area contributed by atoms with Crippen LogP contribution in [0.2, 0.25) is 0 Å². The van der Waals surface area contributed by atoms with E-state index in [2.05, 4.69) is 47.2 Å². The number of nitrogens with one attached hydrogen (secondary N) is 1. The van der Waals surface area contributed by atoms with Crippen molar-refractivity contribution in [1.29, 1.82) is 0 Å². The normalized spacial score (nSPS) is 17.0. The second-order valence-corrected chi connectivity index (χ2v) is 6.93. The molecule has 0 radical (unpaired) electrons. The van der Waals surface area contributed by atoms with Gasteiger partial charge in [0.05, 0.1) is 18.2 Å². The summed E-state index contributed by atoms with van der Waals surface area (Å²) in [5.41, 5.74) is 1.51. The van der Waals surface area contributed by atoms with Gasteiger partial charge in [-0.15, -0.1) is 0 Å². The van der Waals surface area contributed by atoms with Gasteiger partial charge in [0.1, 0.15) is 0 Å². The lowest BCUT2D eigenvalue weighted by atomic mass is 10.0. The Kier molecular flexibility index (Phi) is 5.94. The average Bonchev–Trinajstić information content (AvgIpc) is 2.91. The SMILES string of the molecule is CCCOc1c(Br)cc(CNC2(C)CCCC2)cc1OC. The smallest absolute Gasteiger partial charge is 0.175 e. The molecule has 0 heterocycles. The van der Waals surface area contributed by atoms with Crippen LogP contribution in [-0.4, -0.2) is 19.3 Å². The number of hydrogen-bond donors (Lipinski definition) is 1. The highest BCUT2D eigenvalue weighted by atomic mass is 79.9. The summed E-state index contributed by atoms with van der Waals surface area (Å²) in [5.74, 6) is 1.60. The van der Waals surface area contributed by atoms with E-state index < -0.39 is 0 Å². The Hall–Kier alpha value is -0.740. The van der Waals surface area contributed by atoms with Crippen LogP contribution in [0.3, 0.4) is 0 Å². The molecule has 1 N–H and O–H groups in total. The van der Waals surface area contributed by atoms with Crippen molar-refractivity contribution < 1.29 is 9.47 Å². The molecule has 2 rings (SSSR count). The molecule has 0 atom stereocenters. The minimum atomic E-state index is 0.289. The van der Waals surface area contributed by atoms with Gasteiger partial charge in [0, 0.05) is 12.1 Å². The first-order chi connectivity index (χ1) is 10.1. The second kappa shape index (κ2) is 7.50. The molecular weight excluding hydrogens is 330 g/mol. The Morgan fingerprint density at radius 2 is 2.00 bits per heavy atom. The zero-order chi connectivity index (χ0) is 15.3. The summed E-state index contributed by atoms with van der Waals surface area (Å²) >= 11 is 3.60. The predicted octanol–water partition coefficient (Wildman–Crippen LogP) is 4.67. The summed E-state index contributed by atoms with van der Waals surface area (Å²) in [6.45, 7) is 5.98. The van der Waals surface area contributed by atoms with Gasteiger partial charge < -0.3 is 14.8 Å². The molecule has 1 saturated carbocycles. The first-order valence-corrected chi connectivity index (χ1v) is 8.61. The van der Waals surface area contributed by atoms with Crippen LogP contribution < -0.4 is 14.8 Å². The fourth-order valence-electron chi connectivity index (χ4n) is 2.87. The van der Waals surface area contributed by atoms with Crippen LogP contribution in [0.15, 0.2) is 16.6 Å². The lowest BCUT2D eigenvalue weighted by molar-refractivity contribution is 0.292. The molecule has 0 aromatic heterocycles. The average molecular weight is 356 g/mol. The molecule has 1 aliphatic carbocycles.